The fourth-order valence-electron chi connectivity index (χ4n) is 2.88. The molecule has 1 aliphatic rings. The largest absolute Gasteiger partial charge is 0.355 e. The van der Waals surface area contributed by atoms with Crippen molar-refractivity contribution >= 4 is 11.8 Å². The van der Waals surface area contributed by atoms with Crippen molar-refractivity contribution in [2.45, 2.75) is 26.3 Å². The standard InChI is InChI=1S/C18H27N3O2/c1-15(12-21-10-6-9-18(21)23)11-19-17(22)14-20(2)13-16-7-4-3-5-8-16/h3-5,7-8,15H,6,9-14H2,1-2H3,(H,19,22). The lowest BCUT2D eigenvalue weighted by Gasteiger charge is -2.22. The third kappa shape index (κ3) is 6.02. The van der Waals surface area contributed by atoms with Gasteiger partial charge in [-0.3, -0.25) is 14.5 Å². The van der Waals surface area contributed by atoms with E-state index in [0.717, 1.165) is 26.1 Å². The maximum atomic E-state index is 12.0. The highest BCUT2D eigenvalue weighted by Crippen LogP contribution is 2.11. The van der Waals surface area contributed by atoms with Crippen LogP contribution < -0.4 is 5.32 Å². The summed E-state index contributed by atoms with van der Waals surface area (Å²) in [5.41, 5.74) is 1.20. The Morgan fingerprint density at radius 1 is 1.35 bits per heavy atom. The summed E-state index contributed by atoms with van der Waals surface area (Å²) in [6.45, 7) is 5.41. The Bertz CT molecular complexity index is 518. The van der Waals surface area contributed by atoms with Crippen LogP contribution in [0.25, 0.3) is 0 Å². The van der Waals surface area contributed by atoms with Gasteiger partial charge in [0.1, 0.15) is 0 Å². The first kappa shape index (κ1) is 17.5. The molecule has 1 unspecified atom stereocenters. The van der Waals surface area contributed by atoms with Crippen LogP contribution >= 0.6 is 0 Å². The molecule has 126 valence electrons. The van der Waals surface area contributed by atoms with E-state index in [-0.39, 0.29) is 17.7 Å². The molecule has 0 bridgehead atoms. The number of carbonyl (C=O) groups is 2. The van der Waals surface area contributed by atoms with Gasteiger partial charge in [0, 0.05) is 32.6 Å². The molecule has 1 aliphatic heterocycles. The first-order valence-electron chi connectivity index (χ1n) is 8.31. The number of hydrogen-bond donors (Lipinski definition) is 1. The molecule has 1 saturated heterocycles. The topological polar surface area (TPSA) is 52.7 Å². The van der Waals surface area contributed by atoms with Gasteiger partial charge in [0.25, 0.3) is 0 Å². The van der Waals surface area contributed by atoms with Crippen molar-refractivity contribution in [2.24, 2.45) is 5.92 Å². The first-order chi connectivity index (χ1) is 11.0. The lowest BCUT2D eigenvalue weighted by Crippen LogP contribution is -2.39. The van der Waals surface area contributed by atoms with Crippen LogP contribution in [0.15, 0.2) is 30.3 Å². The average molecular weight is 317 g/mol. The zero-order valence-electron chi connectivity index (χ0n) is 14.1. The molecule has 2 rings (SSSR count). The minimum absolute atomic E-state index is 0.0306. The van der Waals surface area contributed by atoms with Crippen molar-refractivity contribution in [3.63, 3.8) is 0 Å². The van der Waals surface area contributed by atoms with Gasteiger partial charge in [0.2, 0.25) is 11.8 Å². The number of nitrogens with one attached hydrogen (secondary N) is 1. The van der Waals surface area contributed by atoms with E-state index in [0.29, 0.717) is 19.5 Å². The molecule has 0 radical (unpaired) electrons. The Hall–Kier alpha value is -1.88. The normalized spacial score (nSPS) is 16.0. The maximum Gasteiger partial charge on any atom is 0.234 e. The molecule has 5 heteroatoms. The van der Waals surface area contributed by atoms with Crippen LogP contribution in [0.2, 0.25) is 0 Å². The summed E-state index contributed by atoms with van der Waals surface area (Å²) in [4.78, 5) is 27.5. The highest BCUT2D eigenvalue weighted by atomic mass is 16.2. The molecule has 0 aliphatic carbocycles. The van der Waals surface area contributed by atoms with E-state index >= 15 is 0 Å². The second kappa shape index (κ2) is 8.67. The number of likely N-dealkylation sites (tertiary alicyclic amines) is 1. The van der Waals surface area contributed by atoms with Crippen LogP contribution in [0, 0.1) is 5.92 Å². The number of hydrogen-bond acceptors (Lipinski definition) is 3. The van der Waals surface area contributed by atoms with E-state index < -0.39 is 0 Å². The molecular weight excluding hydrogens is 290 g/mol. The van der Waals surface area contributed by atoms with Gasteiger partial charge in [-0.15, -0.1) is 0 Å². The van der Waals surface area contributed by atoms with Crippen molar-refractivity contribution in [2.75, 3.05) is 33.2 Å². The summed E-state index contributed by atoms with van der Waals surface area (Å²) >= 11 is 0. The number of likely N-dealkylation sites (N-methyl/N-ethyl adjacent to an activating group) is 1. The van der Waals surface area contributed by atoms with Gasteiger partial charge in [-0.05, 0) is 24.9 Å². The molecule has 5 nitrogen and oxygen atoms in total. The van der Waals surface area contributed by atoms with Gasteiger partial charge in [0.05, 0.1) is 6.54 Å². The number of rotatable bonds is 8. The predicted molar refractivity (Wildman–Crippen MR) is 90.8 cm³/mol. The lowest BCUT2D eigenvalue weighted by atomic mass is 10.1. The molecular formula is C18H27N3O2. The highest BCUT2D eigenvalue weighted by molar-refractivity contribution is 5.78. The third-order valence-corrected chi connectivity index (χ3v) is 4.06. The van der Waals surface area contributed by atoms with Crippen LogP contribution in [0.5, 0.6) is 0 Å². The minimum Gasteiger partial charge on any atom is -0.355 e. The van der Waals surface area contributed by atoms with Gasteiger partial charge in [-0.2, -0.15) is 0 Å². The highest BCUT2D eigenvalue weighted by Gasteiger charge is 2.21. The molecule has 0 aromatic heterocycles. The summed E-state index contributed by atoms with van der Waals surface area (Å²) in [7, 11) is 1.94. The summed E-state index contributed by atoms with van der Waals surface area (Å²) in [5.74, 6) is 0.550. The van der Waals surface area contributed by atoms with E-state index in [9.17, 15) is 9.59 Å². The van der Waals surface area contributed by atoms with E-state index in [2.05, 4.69) is 24.4 Å². The van der Waals surface area contributed by atoms with Gasteiger partial charge in [0.15, 0.2) is 0 Å². The van der Waals surface area contributed by atoms with E-state index in [1.807, 2.05) is 35.0 Å². The monoisotopic (exact) mass is 317 g/mol. The molecule has 1 atom stereocenters. The van der Waals surface area contributed by atoms with Gasteiger partial charge in [-0.25, -0.2) is 0 Å². The third-order valence-electron chi connectivity index (χ3n) is 4.06. The van der Waals surface area contributed by atoms with Crippen molar-refractivity contribution in [3.05, 3.63) is 35.9 Å². The maximum absolute atomic E-state index is 12.0. The smallest absolute Gasteiger partial charge is 0.234 e. The molecule has 2 amide bonds. The fraction of sp³-hybridized carbons (Fsp3) is 0.556. The van der Waals surface area contributed by atoms with Gasteiger partial charge < -0.3 is 10.2 Å². The molecule has 1 aromatic rings. The van der Waals surface area contributed by atoms with Crippen molar-refractivity contribution in [3.8, 4) is 0 Å². The van der Waals surface area contributed by atoms with Crippen LogP contribution in [0.3, 0.4) is 0 Å². The minimum atomic E-state index is 0.0306. The second-order valence-corrected chi connectivity index (χ2v) is 6.51. The Morgan fingerprint density at radius 3 is 2.74 bits per heavy atom. The van der Waals surface area contributed by atoms with Crippen LogP contribution in [0.1, 0.15) is 25.3 Å². The zero-order valence-corrected chi connectivity index (χ0v) is 14.1. The van der Waals surface area contributed by atoms with Crippen molar-refractivity contribution in [1.29, 1.82) is 0 Å². The summed E-state index contributed by atoms with van der Waals surface area (Å²) in [5, 5.41) is 2.97. The SMILES string of the molecule is CC(CNC(=O)CN(C)Cc1ccccc1)CN1CCCC1=O. The summed E-state index contributed by atoms with van der Waals surface area (Å²) in [6, 6.07) is 10.1. The molecule has 1 fully saturated rings. The van der Waals surface area contributed by atoms with Gasteiger partial charge >= 0.3 is 0 Å². The quantitative estimate of drug-likeness (QED) is 0.790. The predicted octanol–water partition coefficient (Wildman–Crippen LogP) is 1.49. The summed E-state index contributed by atoms with van der Waals surface area (Å²) < 4.78 is 0. The van der Waals surface area contributed by atoms with Crippen LogP contribution in [0.4, 0.5) is 0 Å². The molecule has 1 heterocycles. The van der Waals surface area contributed by atoms with Crippen molar-refractivity contribution in [1.82, 2.24) is 15.1 Å². The lowest BCUT2D eigenvalue weighted by molar-refractivity contribution is -0.128. The van der Waals surface area contributed by atoms with E-state index in [1.54, 1.807) is 0 Å². The Labute approximate surface area is 138 Å². The van der Waals surface area contributed by atoms with E-state index in [1.165, 1.54) is 5.56 Å². The molecule has 23 heavy (non-hydrogen) atoms. The Kier molecular flexibility index (Phi) is 6.59. The zero-order chi connectivity index (χ0) is 16.7. The molecule has 1 N–H and O–H groups in total. The number of benzene rings is 1. The van der Waals surface area contributed by atoms with Crippen LogP contribution in [-0.4, -0.2) is 54.8 Å². The van der Waals surface area contributed by atoms with E-state index in [4.69, 9.17) is 0 Å². The average Bonchev–Trinajstić information content (AvgIpc) is 2.91. The number of nitrogens with zero attached hydrogens (tertiary/aromatic N) is 2. The fourth-order valence-corrected chi connectivity index (χ4v) is 2.88. The van der Waals surface area contributed by atoms with Crippen LogP contribution in [-0.2, 0) is 16.1 Å². The van der Waals surface area contributed by atoms with Gasteiger partial charge in [-0.1, -0.05) is 37.3 Å². The Morgan fingerprint density at radius 2 is 2.09 bits per heavy atom. The number of carbonyl (C=O) groups excluding carboxylic acids is 2. The molecule has 1 aromatic carbocycles. The molecule has 0 spiro atoms. The summed E-state index contributed by atoms with van der Waals surface area (Å²) in [6.07, 6.45) is 1.63. The Balaban J connectivity index is 1.65. The number of amides is 2. The van der Waals surface area contributed by atoms with Crippen molar-refractivity contribution < 1.29 is 9.59 Å². The second-order valence-electron chi connectivity index (χ2n) is 6.51. The first-order valence-corrected chi connectivity index (χ1v) is 8.31. The molecule has 0 saturated carbocycles.